The van der Waals surface area contributed by atoms with E-state index in [9.17, 15) is 9.59 Å². The number of hydrogen-bond acceptors (Lipinski definition) is 3. The van der Waals surface area contributed by atoms with Gasteiger partial charge in [0.05, 0.1) is 6.61 Å². The highest BCUT2D eigenvalue weighted by Crippen LogP contribution is 2.16. The van der Waals surface area contributed by atoms with Crippen LogP contribution in [-0.2, 0) is 16.0 Å². The minimum Gasteiger partial charge on any atom is -0.493 e. The molecule has 2 aromatic carbocycles. The van der Waals surface area contributed by atoms with Gasteiger partial charge in [-0.2, -0.15) is 0 Å². The van der Waals surface area contributed by atoms with Crippen molar-refractivity contribution in [2.45, 2.75) is 20.3 Å². The van der Waals surface area contributed by atoms with E-state index in [2.05, 4.69) is 24.5 Å². The predicted molar refractivity (Wildman–Crippen MR) is 104 cm³/mol. The molecule has 0 fully saturated rings. The summed E-state index contributed by atoms with van der Waals surface area (Å²) < 4.78 is 5.58. The van der Waals surface area contributed by atoms with Crippen LogP contribution in [-0.4, -0.2) is 25.0 Å². The lowest BCUT2D eigenvalue weighted by Crippen LogP contribution is -2.36. The average Bonchev–Trinajstić information content (AvgIpc) is 2.62. The molecule has 0 unspecified atom stereocenters. The Balaban J connectivity index is 1.75. The molecule has 0 heterocycles. The number of amides is 2. The monoisotopic (exact) mass is 374 g/mol. The molecule has 0 spiro atoms. The second-order valence-electron chi connectivity index (χ2n) is 6.32. The number of hydrogen-bond donors (Lipinski definition) is 2. The summed E-state index contributed by atoms with van der Waals surface area (Å²) in [7, 11) is 0. The van der Waals surface area contributed by atoms with E-state index in [1.807, 2.05) is 12.1 Å². The number of rotatable bonds is 7. The fourth-order valence-electron chi connectivity index (χ4n) is 2.14. The number of carbonyl (C=O) groups is 2. The van der Waals surface area contributed by atoms with Crippen LogP contribution in [0.1, 0.15) is 19.4 Å². The molecule has 6 heteroatoms. The molecule has 0 radical (unpaired) electrons. The van der Waals surface area contributed by atoms with E-state index in [0.717, 1.165) is 11.3 Å². The van der Waals surface area contributed by atoms with Gasteiger partial charge in [0.1, 0.15) is 5.75 Å². The van der Waals surface area contributed by atoms with Gasteiger partial charge in [0.25, 0.3) is 0 Å². The summed E-state index contributed by atoms with van der Waals surface area (Å²) in [5.74, 6) is -0.203. The summed E-state index contributed by atoms with van der Waals surface area (Å²) in [5, 5.41) is 5.83. The molecule has 0 aliphatic carbocycles. The highest BCUT2D eigenvalue weighted by molar-refractivity contribution is 6.39. The molecule has 5 nitrogen and oxygen atoms in total. The van der Waals surface area contributed by atoms with Crippen LogP contribution in [0.15, 0.2) is 48.5 Å². The van der Waals surface area contributed by atoms with E-state index >= 15 is 0 Å². The second-order valence-corrected chi connectivity index (χ2v) is 6.75. The van der Waals surface area contributed by atoms with Crippen LogP contribution >= 0.6 is 11.6 Å². The van der Waals surface area contributed by atoms with Crippen LogP contribution in [0.4, 0.5) is 5.69 Å². The Morgan fingerprint density at radius 1 is 1.00 bits per heavy atom. The zero-order valence-corrected chi connectivity index (χ0v) is 15.7. The standard InChI is InChI=1S/C20H23ClN2O3/c1-14(2)13-26-18-9-7-17(8-10-18)23-20(25)19(24)22-12-11-15-3-5-16(21)6-4-15/h3-10,14H,11-13H2,1-2H3,(H,22,24)(H,23,25). The first kappa shape index (κ1) is 19.8. The fourth-order valence-corrected chi connectivity index (χ4v) is 2.26. The molecule has 0 atom stereocenters. The number of benzene rings is 2. The highest BCUT2D eigenvalue weighted by Gasteiger charge is 2.13. The third-order valence-corrected chi connectivity index (χ3v) is 3.77. The molecular weight excluding hydrogens is 352 g/mol. The lowest BCUT2D eigenvalue weighted by atomic mass is 10.1. The Kier molecular flexibility index (Phi) is 7.48. The van der Waals surface area contributed by atoms with Crippen molar-refractivity contribution in [3.8, 4) is 5.75 Å². The Hall–Kier alpha value is -2.53. The van der Waals surface area contributed by atoms with Gasteiger partial charge in [-0.15, -0.1) is 0 Å². The van der Waals surface area contributed by atoms with Crippen molar-refractivity contribution >= 4 is 29.1 Å². The summed E-state index contributed by atoms with van der Waals surface area (Å²) >= 11 is 5.83. The maximum atomic E-state index is 11.9. The van der Waals surface area contributed by atoms with Gasteiger partial charge in [-0.25, -0.2) is 0 Å². The van der Waals surface area contributed by atoms with Gasteiger partial charge in [0.2, 0.25) is 0 Å². The van der Waals surface area contributed by atoms with Crippen molar-refractivity contribution in [2.75, 3.05) is 18.5 Å². The van der Waals surface area contributed by atoms with Crippen molar-refractivity contribution in [2.24, 2.45) is 5.92 Å². The van der Waals surface area contributed by atoms with Crippen molar-refractivity contribution < 1.29 is 14.3 Å². The van der Waals surface area contributed by atoms with E-state index in [1.165, 1.54) is 0 Å². The molecular formula is C20H23ClN2O3. The Bertz CT molecular complexity index is 728. The van der Waals surface area contributed by atoms with Crippen molar-refractivity contribution in [1.82, 2.24) is 5.32 Å². The number of ether oxygens (including phenoxy) is 1. The normalized spacial score (nSPS) is 10.5. The first-order valence-corrected chi connectivity index (χ1v) is 8.88. The summed E-state index contributed by atoms with van der Waals surface area (Å²) in [6.07, 6.45) is 0.623. The number of halogens is 1. The molecule has 2 aromatic rings. The van der Waals surface area contributed by atoms with E-state index in [0.29, 0.717) is 36.2 Å². The SMILES string of the molecule is CC(C)COc1ccc(NC(=O)C(=O)NCCc2ccc(Cl)cc2)cc1. The molecule has 0 aromatic heterocycles. The Morgan fingerprint density at radius 2 is 1.65 bits per heavy atom. The molecule has 26 heavy (non-hydrogen) atoms. The van der Waals surface area contributed by atoms with Gasteiger partial charge in [-0.1, -0.05) is 37.6 Å². The third-order valence-electron chi connectivity index (χ3n) is 3.51. The van der Waals surface area contributed by atoms with Gasteiger partial charge in [0.15, 0.2) is 0 Å². The van der Waals surface area contributed by atoms with Crippen molar-refractivity contribution in [3.63, 3.8) is 0 Å². The minimum absolute atomic E-state index is 0.371. The quantitative estimate of drug-likeness (QED) is 0.726. The van der Waals surface area contributed by atoms with Gasteiger partial charge in [-0.3, -0.25) is 9.59 Å². The first-order valence-electron chi connectivity index (χ1n) is 8.50. The van der Waals surface area contributed by atoms with Crippen LogP contribution in [0.5, 0.6) is 5.75 Å². The lowest BCUT2D eigenvalue weighted by Gasteiger charge is -2.10. The fraction of sp³-hybridized carbons (Fsp3) is 0.300. The Morgan fingerprint density at radius 3 is 2.27 bits per heavy atom. The smallest absolute Gasteiger partial charge is 0.313 e. The molecule has 2 rings (SSSR count). The molecule has 0 aliphatic rings. The van der Waals surface area contributed by atoms with E-state index in [4.69, 9.17) is 16.3 Å². The van der Waals surface area contributed by atoms with E-state index in [-0.39, 0.29) is 0 Å². The molecule has 0 saturated carbocycles. The number of nitrogens with one attached hydrogen (secondary N) is 2. The van der Waals surface area contributed by atoms with Gasteiger partial charge >= 0.3 is 11.8 Å². The average molecular weight is 375 g/mol. The molecule has 0 bridgehead atoms. The van der Waals surface area contributed by atoms with Crippen LogP contribution in [0, 0.1) is 5.92 Å². The lowest BCUT2D eigenvalue weighted by molar-refractivity contribution is -0.136. The van der Waals surface area contributed by atoms with Gasteiger partial charge in [0, 0.05) is 17.3 Å². The predicted octanol–water partition coefficient (Wildman–Crippen LogP) is 3.67. The molecule has 0 aliphatic heterocycles. The number of carbonyl (C=O) groups excluding carboxylic acids is 2. The minimum atomic E-state index is -0.697. The van der Waals surface area contributed by atoms with E-state index < -0.39 is 11.8 Å². The van der Waals surface area contributed by atoms with Crippen molar-refractivity contribution in [1.29, 1.82) is 0 Å². The topological polar surface area (TPSA) is 67.4 Å². The van der Waals surface area contributed by atoms with Crippen molar-refractivity contribution in [3.05, 3.63) is 59.1 Å². The summed E-state index contributed by atoms with van der Waals surface area (Å²) in [5.41, 5.74) is 1.58. The van der Waals surface area contributed by atoms with E-state index in [1.54, 1.807) is 36.4 Å². The van der Waals surface area contributed by atoms with Gasteiger partial charge in [-0.05, 0) is 54.3 Å². The van der Waals surface area contributed by atoms with Crippen LogP contribution < -0.4 is 15.4 Å². The summed E-state index contributed by atoms with van der Waals surface area (Å²) in [4.78, 5) is 23.8. The summed E-state index contributed by atoms with van der Waals surface area (Å²) in [6, 6.07) is 14.3. The molecule has 0 saturated heterocycles. The Labute approximate surface area is 158 Å². The number of anilines is 1. The van der Waals surface area contributed by atoms with Crippen LogP contribution in [0.3, 0.4) is 0 Å². The first-order chi connectivity index (χ1) is 12.4. The maximum absolute atomic E-state index is 11.9. The molecule has 2 N–H and O–H groups in total. The zero-order chi connectivity index (χ0) is 18.9. The third kappa shape index (κ3) is 6.76. The maximum Gasteiger partial charge on any atom is 0.313 e. The highest BCUT2D eigenvalue weighted by atomic mass is 35.5. The van der Waals surface area contributed by atoms with Crippen LogP contribution in [0.25, 0.3) is 0 Å². The molecule has 2 amide bonds. The second kappa shape index (κ2) is 9.82. The van der Waals surface area contributed by atoms with Crippen LogP contribution in [0.2, 0.25) is 5.02 Å². The zero-order valence-electron chi connectivity index (χ0n) is 14.9. The summed E-state index contributed by atoms with van der Waals surface area (Å²) in [6.45, 7) is 5.14. The van der Waals surface area contributed by atoms with Gasteiger partial charge < -0.3 is 15.4 Å². The largest absolute Gasteiger partial charge is 0.493 e. The molecule has 138 valence electrons.